The molecule has 0 saturated heterocycles. The van der Waals surface area contributed by atoms with Gasteiger partial charge in [0.05, 0.1) is 15.6 Å². The number of nitrogens with zero attached hydrogens (tertiary/aromatic N) is 1. The van der Waals surface area contributed by atoms with E-state index in [-0.39, 0.29) is 12.3 Å². The molecule has 0 aliphatic carbocycles. The van der Waals surface area contributed by atoms with Gasteiger partial charge in [0.2, 0.25) is 0 Å². The van der Waals surface area contributed by atoms with Crippen LogP contribution in [0.2, 0.25) is 10.0 Å². The van der Waals surface area contributed by atoms with Crippen LogP contribution in [0.1, 0.15) is 0 Å². The lowest BCUT2D eigenvalue weighted by atomic mass is 10.3. The van der Waals surface area contributed by atoms with Crippen molar-refractivity contribution < 1.29 is 14.5 Å². The Morgan fingerprint density at radius 1 is 1.26 bits per heavy atom. The number of halogens is 3. The molecule has 0 spiro atoms. The molecule has 1 amide bonds. The van der Waals surface area contributed by atoms with Crippen LogP contribution >= 0.6 is 39.1 Å². The molecule has 0 heterocycles. The maximum atomic E-state index is 11.9. The summed E-state index contributed by atoms with van der Waals surface area (Å²) in [5, 5.41) is 14.0. The molecule has 9 heteroatoms. The van der Waals surface area contributed by atoms with Crippen LogP contribution in [-0.2, 0) is 4.79 Å². The number of non-ortho nitro benzene ring substituents is 1. The Morgan fingerprint density at radius 3 is 2.61 bits per heavy atom. The van der Waals surface area contributed by atoms with Crippen molar-refractivity contribution in [1.29, 1.82) is 0 Å². The van der Waals surface area contributed by atoms with Gasteiger partial charge >= 0.3 is 0 Å². The van der Waals surface area contributed by atoms with Crippen LogP contribution in [0.15, 0.2) is 40.9 Å². The average Bonchev–Trinajstić information content (AvgIpc) is 2.48. The predicted octanol–water partition coefficient (Wildman–Crippen LogP) is 4.68. The van der Waals surface area contributed by atoms with E-state index in [9.17, 15) is 14.9 Å². The third kappa shape index (κ3) is 4.82. The normalized spacial score (nSPS) is 10.2. The molecule has 0 atom stereocenters. The van der Waals surface area contributed by atoms with Gasteiger partial charge in [0, 0.05) is 21.6 Å². The van der Waals surface area contributed by atoms with Crippen molar-refractivity contribution in [2.75, 3.05) is 11.9 Å². The first-order valence-electron chi connectivity index (χ1n) is 6.18. The molecule has 2 aromatic rings. The Labute approximate surface area is 149 Å². The quantitative estimate of drug-likeness (QED) is 0.563. The van der Waals surface area contributed by atoms with Gasteiger partial charge in [-0.2, -0.15) is 0 Å². The van der Waals surface area contributed by atoms with E-state index in [0.717, 1.165) is 0 Å². The minimum absolute atomic E-state index is 0.0842. The number of hydrogen-bond donors (Lipinski definition) is 1. The fourth-order valence-corrected chi connectivity index (χ4v) is 2.57. The maximum absolute atomic E-state index is 11.9. The van der Waals surface area contributed by atoms with Crippen molar-refractivity contribution in [2.45, 2.75) is 0 Å². The summed E-state index contributed by atoms with van der Waals surface area (Å²) in [5.74, 6) is -0.112. The van der Waals surface area contributed by atoms with Gasteiger partial charge in [-0.3, -0.25) is 14.9 Å². The molecule has 23 heavy (non-hydrogen) atoms. The molecule has 0 aliphatic rings. The van der Waals surface area contributed by atoms with Gasteiger partial charge in [-0.15, -0.1) is 0 Å². The van der Waals surface area contributed by atoms with E-state index in [4.69, 9.17) is 27.9 Å². The van der Waals surface area contributed by atoms with E-state index >= 15 is 0 Å². The summed E-state index contributed by atoms with van der Waals surface area (Å²) in [6.45, 7) is -0.273. The highest BCUT2D eigenvalue weighted by molar-refractivity contribution is 9.10. The second-order valence-electron chi connectivity index (χ2n) is 4.33. The average molecular weight is 420 g/mol. The zero-order valence-corrected chi connectivity index (χ0v) is 14.5. The van der Waals surface area contributed by atoms with E-state index < -0.39 is 10.8 Å². The van der Waals surface area contributed by atoms with E-state index in [0.29, 0.717) is 26.0 Å². The van der Waals surface area contributed by atoms with Crippen LogP contribution in [0.25, 0.3) is 0 Å². The van der Waals surface area contributed by atoms with Crippen LogP contribution in [0.5, 0.6) is 5.75 Å². The number of rotatable bonds is 5. The molecular weight excluding hydrogens is 411 g/mol. The highest BCUT2D eigenvalue weighted by Crippen LogP contribution is 2.28. The zero-order valence-electron chi connectivity index (χ0n) is 11.4. The topological polar surface area (TPSA) is 81.5 Å². The van der Waals surface area contributed by atoms with E-state index in [1.165, 1.54) is 24.3 Å². The number of amides is 1. The molecule has 0 fully saturated rings. The Bertz CT molecular complexity index is 770. The van der Waals surface area contributed by atoms with E-state index in [2.05, 4.69) is 21.2 Å². The monoisotopic (exact) mass is 418 g/mol. The molecule has 0 bridgehead atoms. The molecule has 0 aromatic heterocycles. The summed E-state index contributed by atoms with van der Waals surface area (Å²) in [5.41, 5.74) is 0.311. The summed E-state index contributed by atoms with van der Waals surface area (Å²) in [6.07, 6.45) is 0. The largest absolute Gasteiger partial charge is 0.482 e. The maximum Gasteiger partial charge on any atom is 0.270 e. The number of hydrogen-bond acceptors (Lipinski definition) is 4. The molecule has 2 aromatic carbocycles. The fraction of sp³-hybridized carbons (Fsp3) is 0.0714. The fourth-order valence-electron chi connectivity index (χ4n) is 1.64. The standard InChI is InChI=1S/C14H9BrCl2N2O4/c15-10-6-9(19(21)22)2-3-12(10)18-14(20)7-23-13-4-1-8(16)5-11(13)17/h1-6H,7H2,(H,18,20). The van der Waals surface area contributed by atoms with Crippen LogP contribution in [0.4, 0.5) is 11.4 Å². The summed E-state index contributed by atoms with van der Waals surface area (Å²) < 4.78 is 5.69. The molecule has 120 valence electrons. The Balaban J connectivity index is 1.98. The molecule has 2 rings (SSSR count). The molecule has 0 aliphatic heterocycles. The summed E-state index contributed by atoms with van der Waals surface area (Å²) in [6, 6.07) is 8.66. The second kappa shape index (κ2) is 7.63. The summed E-state index contributed by atoms with van der Waals surface area (Å²) in [7, 11) is 0. The van der Waals surface area contributed by atoms with Gasteiger partial charge in [0.25, 0.3) is 11.6 Å². The van der Waals surface area contributed by atoms with Gasteiger partial charge in [0.15, 0.2) is 6.61 Å². The Hall–Kier alpha value is -1.83. The lowest BCUT2D eigenvalue weighted by Crippen LogP contribution is -2.20. The third-order valence-corrected chi connectivity index (χ3v) is 3.88. The Kier molecular flexibility index (Phi) is 5.81. The molecule has 0 saturated carbocycles. The number of ether oxygens (including phenoxy) is 1. The highest BCUT2D eigenvalue weighted by Gasteiger charge is 2.12. The van der Waals surface area contributed by atoms with Gasteiger partial charge in [-0.1, -0.05) is 23.2 Å². The second-order valence-corrected chi connectivity index (χ2v) is 6.03. The number of benzene rings is 2. The molecule has 0 radical (unpaired) electrons. The van der Waals surface area contributed by atoms with Crippen LogP contribution in [0.3, 0.4) is 0 Å². The number of nitro benzene ring substituents is 1. The minimum Gasteiger partial charge on any atom is -0.482 e. The molecule has 0 unspecified atom stereocenters. The summed E-state index contributed by atoms with van der Waals surface area (Å²) >= 11 is 14.9. The molecule has 6 nitrogen and oxygen atoms in total. The lowest BCUT2D eigenvalue weighted by molar-refractivity contribution is -0.384. The predicted molar refractivity (Wildman–Crippen MR) is 91.4 cm³/mol. The van der Waals surface area contributed by atoms with Gasteiger partial charge in [0.1, 0.15) is 5.75 Å². The highest BCUT2D eigenvalue weighted by atomic mass is 79.9. The Morgan fingerprint density at radius 2 is 2.00 bits per heavy atom. The number of anilines is 1. The van der Waals surface area contributed by atoms with Crippen LogP contribution < -0.4 is 10.1 Å². The van der Waals surface area contributed by atoms with Crippen LogP contribution in [-0.4, -0.2) is 17.4 Å². The number of nitro groups is 1. The van der Waals surface area contributed by atoms with Gasteiger partial charge in [-0.25, -0.2) is 0 Å². The van der Waals surface area contributed by atoms with Crippen molar-refractivity contribution in [1.82, 2.24) is 0 Å². The van der Waals surface area contributed by atoms with Crippen LogP contribution in [0, 0.1) is 10.1 Å². The first kappa shape index (κ1) is 17.5. The number of nitrogens with one attached hydrogen (secondary N) is 1. The van der Waals surface area contributed by atoms with E-state index in [1.807, 2.05) is 0 Å². The van der Waals surface area contributed by atoms with Crippen molar-refractivity contribution in [2.24, 2.45) is 0 Å². The minimum atomic E-state index is -0.526. The van der Waals surface area contributed by atoms with Crippen molar-refractivity contribution in [3.05, 3.63) is 61.0 Å². The lowest BCUT2D eigenvalue weighted by Gasteiger charge is -2.10. The first-order valence-corrected chi connectivity index (χ1v) is 7.73. The first-order chi connectivity index (χ1) is 10.9. The van der Waals surface area contributed by atoms with E-state index in [1.54, 1.807) is 12.1 Å². The smallest absolute Gasteiger partial charge is 0.270 e. The van der Waals surface area contributed by atoms with Crippen molar-refractivity contribution in [3.8, 4) is 5.75 Å². The van der Waals surface area contributed by atoms with Gasteiger partial charge in [-0.05, 0) is 40.2 Å². The van der Waals surface area contributed by atoms with Crippen molar-refractivity contribution in [3.63, 3.8) is 0 Å². The SMILES string of the molecule is O=C(COc1ccc(Cl)cc1Cl)Nc1ccc([N+](=O)[O-])cc1Br. The number of carbonyl (C=O) groups is 1. The van der Waals surface area contributed by atoms with Crippen molar-refractivity contribution >= 4 is 56.4 Å². The third-order valence-electron chi connectivity index (χ3n) is 2.69. The molecule has 1 N–H and O–H groups in total. The number of carbonyl (C=O) groups excluding carboxylic acids is 1. The van der Waals surface area contributed by atoms with Gasteiger partial charge < -0.3 is 10.1 Å². The zero-order chi connectivity index (χ0) is 17.0. The molecular formula is C14H9BrCl2N2O4. The summed E-state index contributed by atoms with van der Waals surface area (Å²) in [4.78, 5) is 22.0.